The SMILES string of the molecule is CC(Cl)C(=O)N1CC(=O)NC(=O)C1. The van der Waals surface area contributed by atoms with Gasteiger partial charge in [-0.3, -0.25) is 19.7 Å². The average Bonchev–Trinajstić information content (AvgIpc) is 2.01. The molecule has 1 atom stereocenters. The quantitative estimate of drug-likeness (QED) is 0.445. The van der Waals surface area contributed by atoms with Gasteiger partial charge in [0, 0.05) is 0 Å². The number of carbonyl (C=O) groups is 3. The number of rotatable bonds is 1. The lowest BCUT2D eigenvalue weighted by Gasteiger charge is -2.26. The third kappa shape index (κ3) is 2.42. The van der Waals surface area contributed by atoms with Crippen LogP contribution in [-0.4, -0.2) is 41.1 Å². The zero-order valence-corrected chi connectivity index (χ0v) is 7.80. The summed E-state index contributed by atoms with van der Waals surface area (Å²) in [7, 11) is 0. The summed E-state index contributed by atoms with van der Waals surface area (Å²) in [6.07, 6.45) is 0. The molecule has 1 aliphatic heterocycles. The molecular weight excluding hydrogens is 196 g/mol. The first-order chi connectivity index (χ1) is 6.00. The van der Waals surface area contributed by atoms with Crippen LogP contribution in [-0.2, 0) is 14.4 Å². The van der Waals surface area contributed by atoms with Gasteiger partial charge >= 0.3 is 0 Å². The van der Waals surface area contributed by atoms with Crippen LogP contribution in [0.2, 0.25) is 0 Å². The van der Waals surface area contributed by atoms with Gasteiger partial charge in [0.1, 0.15) is 18.5 Å². The van der Waals surface area contributed by atoms with Crippen LogP contribution in [0, 0.1) is 0 Å². The van der Waals surface area contributed by atoms with Crippen molar-refractivity contribution in [3.8, 4) is 0 Å². The summed E-state index contributed by atoms with van der Waals surface area (Å²) >= 11 is 5.52. The normalized spacial score (nSPS) is 19.7. The summed E-state index contributed by atoms with van der Waals surface area (Å²) in [6.45, 7) is 1.31. The highest BCUT2D eigenvalue weighted by molar-refractivity contribution is 6.30. The van der Waals surface area contributed by atoms with E-state index >= 15 is 0 Å². The molecule has 1 saturated heterocycles. The fourth-order valence-corrected chi connectivity index (χ4v) is 1.18. The lowest BCUT2D eigenvalue weighted by Crippen LogP contribution is -2.54. The van der Waals surface area contributed by atoms with Crippen molar-refractivity contribution in [3.63, 3.8) is 0 Å². The maximum Gasteiger partial charge on any atom is 0.246 e. The van der Waals surface area contributed by atoms with Gasteiger partial charge in [-0.25, -0.2) is 0 Å². The van der Waals surface area contributed by atoms with Gasteiger partial charge in [-0.1, -0.05) is 0 Å². The van der Waals surface area contributed by atoms with E-state index in [1.807, 2.05) is 0 Å². The van der Waals surface area contributed by atoms with Gasteiger partial charge in [0.05, 0.1) is 0 Å². The number of nitrogens with one attached hydrogen (secondary N) is 1. The van der Waals surface area contributed by atoms with Crippen LogP contribution >= 0.6 is 11.6 Å². The van der Waals surface area contributed by atoms with Crippen LogP contribution in [0.3, 0.4) is 0 Å². The first-order valence-electron chi connectivity index (χ1n) is 3.76. The van der Waals surface area contributed by atoms with Crippen LogP contribution in [0.4, 0.5) is 0 Å². The third-order valence-corrected chi connectivity index (χ3v) is 1.79. The molecule has 0 saturated carbocycles. The lowest BCUT2D eigenvalue weighted by atomic mass is 10.3. The van der Waals surface area contributed by atoms with E-state index in [1.165, 1.54) is 6.92 Å². The zero-order valence-electron chi connectivity index (χ0n) is 7.04. The molecule has 0 aromatic carbocycles. The molecule has 0 aromatic heterocycles. The van der Waals surface area contributed by atoms with Crippen molar-refractivity contribution in [3.05, 3.63) is 0 Å². The first-order valence-corrected chi connectivity index (χ1v) is 4.20. The van der Waals surface area contributed by atoms with Crippen molar-refractivity contribution < 1.29 is 14.4 Å². The lowest BCUT2D eigenvalue weighted by molar-refractivity contribution is -0.145. The number of hydrogen-bond donors (Lipinski definition) is 1. The molecule has 1 fully saturated rings. The minimum atomic E-state index is -0.710. The summed E-state index contributed by atoms with van der Waals surface area (Å²) in [5.41, 5.74) is 0. The molecule has 13 heavy (non-hydrogen) atoms. The third-order valence-electron chi connectivity index (χ3n) is 1.60. The monoisotopic (exact) mass is 204 g/mol. The number of nitrogens with zero attached hydrogens (tertiary/aromatic N) is 1. The van der Waals surface area contributed by atoms with Crippen LogP contribution in [0.5, 0.6) is 0 Å². The Morgan fingerprint density at radius 2 is 1.92 bits per heavy atom. The molecule has 0 aromatic rings. The second-order valence-corrected chi connectivity index (χ2v) is 3.44. The van der Waals surface area contributed by atoms with Gasteiger partial charge in [-0.15, -0.1) is 11.6 Å². The number of imide groups is 1. The van der Waals surface area contributed by atoms with E-state index in [4.69, 9.17) is 11.6 Å². The van der Waals surface area contributed by atoms with Crippen LogP contribution in [0.15, 0.2) is 0 Å². The Bertz CT molecular complexity index is 248. The van der Waals surface area contributed by atoms with Gasteiger partial charge < -0.3 is 4.90 Å². The van der Waals surface area contributed by atoms with Gasteiger partial charge in [0.25, 0.3) is 0 Å². The minimum absolute atomic E-state index is 0.0956. The molecule has 6 heteroatoms. The van der Waals surface area contributed by atoms with Crippen molar-refractivity contribution in [2.24, 2.45) is 0 Å². The number of hydrogen-bond acceptors (Lipinski definition) is 3. The molecule has 1 unspecified atom stereocenters. The van der Waals surface area contributed by atoms with E-state index < -0.39 is 23.1 Å². The standard InChI is InChI=1S/C7H9ClN2O3/c1-4(8)7(13)10-2-5(11)9-6(12)3-10/h4H,2-3H2,1H3,(H,9,11,12). The molecule has 3 amide bonds. The summed E-state index contributed by atoms with van der Waals surface area (Å²) in [6, 6.07) is 0. The van der Waals surface area contributed by atoms with Gasteiger partial charge in [-0.2, -0.15) is 0 Å². The first kappa shape index (κ1) is 9.98. The Morgan fingerprint density at radius 3 is 2.31 bits per heavy atom. The highest BCUT2D eigenvalue weighted by atomic mass is 35.5. The van der Waals surface area contributed by atoms with Crippen molar-refractivity contribution in [1.82, 2.24) is 10.2 Å². The van der Waals surface area contributed by atoms with Gasteiger partial charge in [0.15, 0.2) is 0 Å². The second-order valence-electron chi connectivity index (χ2n) is 2.78. The van der Waals surface area contributed by atoms with Crippen LogP contribution < -0.4 is 5.32 Å². The molecule has 0 bridgehead atoms. The molecule has 1 N–H and O–H groups in total. The molecule has 0 spiro atoms. The topological polar surface area (TPSA) is 66.5 Å². The Kier molecular flexibility index (Phi) is 2.87. The maximum absolute atomic E-state index is 11.3. The highest BCUT2D eigenvalue weighted by Gasteiger charge is 2.28. The number of halogens is 1. The Hall–Kier alpha value is -1.10. The molecule has 0 aliphatic carbocycles. The summed E-state index contributed by atoms with van der Waals surface area (Å²) in [4.78, 5) is 34.1. The Balaban J connectivity index is 2.65. The molecule has 1 rings (SSSR count). The van der Waals surface area contributed by atoms with E-state index in [9.17, 15) is 14.4 Å². The summed E-state index contributed by atoms with van der Waals surface area (Å²) in [5, 5.41) is 1.38. The van der Waals surface area contributed by atoms with Gasteiger partial charge in [0.2, 0.25) is 17.7 Å². The van der Waals surface area contributed by atoms with Crippen LogP contribution in [0.1, 0.15) is 6.92 Å². The number of amides is 3. The van der Waals surface area contributed by atoms with E-state index in [2.05, 4.69) is 5.32 Å². The van der Waals surface area contributed by atoms with E-state index in [1.54, 1.807) is 0 Å². The number of alkyl halides is 1. The minimum Gasteiger partial charge on any atom is -0.323 e. The fourth-order valence-electron chi connectivity index (χ4n) is 1.04. The summed E-state index contributed by atoms with van der Waals surface area (Å²) in [5.74, 6) is -1.34. The molecule has 1 heterocycles. The predicted molar refractivity (Wildman–Crippen MR) is 45.0 cm³/mol. The maximum atomic E-state index is 11.3. The smallest absolute Gasteiger partial charge is 0.246 e. The molecule has 5 nitrogen and oxygen atoms in total. The highest BCUT2D eigenvalue weighted by Crippen LogP contribution is 2.03. The fraction of sp³-hybridized carbons (Fsp3) is 0.571. The molecule has 72 valence electrons. The zero-order chi connectivity index (χ0) is 10.0. The number of carbonyl (C=O) groups excluding carboxylic acids is 3. The van der Waals surface area contributed by atoms with Crippen molar-refractivity contribution in [2.45, 2.75) is 12.3 Å². The predicted octanol–water partition coefficient (Wildman–Crippen LogP) is -0.901. The average molecular weight is 205 g/mol. The molecule has 1 aliphatic rings. The molecule has 0 radical (unpaired) electrons. The van der Waals surface area contributed by atoms with E-state index in [0.717, 1.165) is 4.90 Å². The second kappa shape index (κ2) is 3.74. The Labute approximate surface area is 80.0 Å². The summed E-state index contributed by atoms with van der Waals surface area (Å²) < 4.78 is 0. The van der Waals surface area contributed by atoms with Crippen LogP contribution in [0.25, 0.3) is 0 Å². The number of piperazine rings is 1. The molecular formula is C7H9ClN2O3. The van der Waals surface area contributed by atoms with E-state index in [0.29, 0.717) is 0 Å². The van der Waals surface area contributed by atoms with Crippen molar-refractivity contribution >= 4 is 29.3 Å². The van der Waals surface area contributed by atoms with Crippen molar-refractivity contribution in [1.29, 1.82) is 0 Å². The van der Waals surface area contributed by atoms with Gasteiger partial charge in [-0.05, 0) is 6.92 Å². The van der Waals surface area contributed by atoms with E-state index in [-0.39, 0.29) is 13.1 Å². The van der Waals surface area contributed by atoms with Crippen molar-refractivity contribution in [2.75, 3.05) is 13.1 Å². The Morgan fingerprint density at radius 1 is 1.46 bits per heavy atom. The largest absolute Gasteiger partial charge is 0.323 e.